The fourth-order valence-electron chi connectivity index (χ4n) is 2.60. The Bertz CT molecular complexity index is 828. The zero-order chi connectivity index (χ0) is 16.6. The Morgan fingerprint density at radius 1 is 1.30 bits per heavy atom. The zero-order valence-electron chi connectivity index (χ0n) is 12.9. The van der Waals surface area contributed by atoms with Gasteiger partial charge in [0, 0.05) is 32.4 Å². The van der Waals surface area contributed by atoms with Crippen molar-refractivity contribution in [3.8, 4) is 0 Å². The van der Waals surface area contributed by atoms with E-state index < -0.39 is 10.0 Å². The van der Waals surface area contributed by atoms with E-state index in [4.69, 9.17) is 4.52 Å². The number of hydrogen-bond donors (Lipinski definition) is 0. The van der Waals surface area contributed by atoms with E-state index in [1.165, 1.54) is 26.4 Å². The van der Waals surface area contributed by atoms with Crippen LogP contribution in [0.2, 0.25) is 0 Å². The van der Waals surface area contributed by atoms with Crippen LogP contribution in [0.3, 0.4) is 0 Å². The zero-order valence-corrected chi connectivity index (χ0v) is 13.7. The van der Waals surface area contributed by atoms with Crippen molar-refractivity contribution in [3.63, 3.8) is 0 Å². The van der Waals surface area contributed by atoms with Crippen molar-refractivity contribution in [3.05, 3.63) is 41.8 Å². The lowest BCUT2D eigenvalue weighted by atomic mass is 10.0. The van der Waals surface area contributed by atoms with E-state index in [0.717, 1.165) is 22.7 Å². The van der Waals surface area contributed by atoms with Gasteiger partial charge in [-0.15, -0.1) is 0 Å². The third-order valence-electron chi connectivity index (χ3n) is 3.86. The molecular formula is C15H17N3O4S. The van der Waals surface area contributed by atoms with Crippen molar-refractivity contribution in [2.75, 3.05) is 25.5 Å². The number of aryl methyl sites for hydroxylation is 1. The first-order valence-electron chi connectivity index (χ1n) is 7.19. The van der Waals surface area contributed by atoms with Crippen molar-refractivity contribution in [1.29, 1.82) is 0 Å². The normalized spacial score (nSPS) is 14.8. The minimum absolute atomic E-state index is 0.168. The first-order chi connectivity index (χ1) is 10.9. The van der Waals surface area contributed by atoms with E-state index >= 15 is 0 Å². The number of amides is 1. The molecular weight excluding hydrogens is 318 g/mol. The van der Waals surface area contributed by atoms with E-state index in [2.05, 4.69) is 5.16 Å². The average Bonchev–Trinajstić information content (AvgIpc) is 3.07. The number of anilines is 1. The molecule has 1 aromatic carbocycles. The summed E-state index contributed by atoms with van der Waals surface area (Å²) in [5.74, 6) is -0.292. The largest absolute Gasteiger partial charge is 0.364 e. The van der Waals surface area contributed by atoms with Crippen molar-refractivity contribution in [2.24, 2.45) is 0 Å². The summed E-state index contributed by atoms with van der Waals surface area (Å²) < 4.78 is 30.5. The van der Waals surface area contributed by atoms with Crippen LogP contribution < -0.4 is 4.90 Å². The maximum absolute atomic E-state index is 12.6. The van der Waals surface area contributed by atoms with Crippen molar-refractivity contribution >= 4 is 21.6 Å². The minimum atomic E-state index is -3.55. The lowest BCUT2D eigenvalue weighted by Crippen LogP contribution is -2.36. The SMILES string of the molecule is CN(C)S(=O)(=O)c1ccc2c(c1)N(C(=O)c1ccon1)CCC2. The van der Waals surface area contributed by atoms with Gasteiger partial charge in [0.1, 0.15) is 6.26 Å². The second kappa shape index (κ2) is 5.78. The van der Waals surface area contributed by atoms with E-state index in [9.17, 15) is 13.2 Å². The highest BCUT2D eigenvalue weighted by Gasteiger charge is 2.27. The van der Waals surface area contributed by atoms with Gasteiger partial charge in [-0.1, -0.05) is 11.2 Å². The number of nitrogens with zero attached hydrogens (tertiary/aromatic N) is 3. The van der Waals surface area contributed by atoms with E-state index in [1.807, 2.05) is 0 Å². The van der Waals surface area contributed by atoms with Crippen molar-refractivity contribution in [1.82, 2.24) is 9.46 Å². The van der Waals surface area contributed by atoms with Gasteiger partial charge in [-0.25, -0.2) is 12.7 Å². The van der Waals surface area contributed by atoms with Crippen LogP contribution in [0.5, 0.6) is 0 Å². The molecule has 8 heteroatoms. The second-order valence-electron chi connectivity index (χ2n) is 5.52. The number of aromatic nitrogens is 1. The van der Waals surface area contributed by atoms with Crippen LogP contribution in [0.25, 0.3) is 0 Å². The molecule has 0 saturated carbocycles. The number of carbonyl (C=O) groups excluding carboxylic acids is 1. The Balaban J connectivity index is 2.05. The number of hydrogen-bond acceptors (Lipinski definition) is 5. The predicted octanol–water partition coefficient (Wildman–Crippen LogP) is 1.52. The maximum Gasteiger partial charge on any atom is 0.280 e. The lowest BCUT2D eigenvalue weighted by molar-refractivity contribution is 0.0976. The molecule has 7 nitrogen and oxygen atoms in total. The Morgan fingerprint density at radius 2 is 2.09 bits per heavy atom. The molecule has 1 amide bonds. The monoisotopic (exact) mass is 335 g/mol. The molecule has 1 aliphatic heterocycles. The Labute approximate surface area is 134 Å². The van der Waals surface area contributed by atoms with Gasteiger partial charge in [-0.2, -0.15) is 0 Å². The molecule has 0 bridgehead atoms. The molecule has 0 spiro atoms. The molecule has 0 radical (unpaired) electrons. The highest BCUT2D eigenvalue weighted by atomic mass is 32.2. The topological polar surface area (TPSA) is 83.7 Å². The number of carbonyl (C=O) groups is 1. The summed E-state index contributed by atoms with van der Waals surface area (Å²) in [6.45, 7) is 0.518. The minimum Gasteiger partial charge on any atom is -0.364 e. The fraction of sp³-hybridized carbons (Fsp3) is 0.333. The molecule has 0 fully saturated rings. The summed E-state index contributed by atoms with van der Waals surface area (Å²) in [7, 11) is -0.594. The summed E-state index contributed by atoms with van der Waals surface area (Å²) in [6.07, 6.45) is 2.96. The van der Waals surface area contributed by atoms with Crippen LogP contribution in [0.4, 0.5) is 5.69 Å². The molecule has 1 aliphatic rings. The van der Waals surface area contributed by atoms with Crippen LogP contribution in [-0.2, 0) is 16.4 Å². The molecule has 0 N–H and O–H groups in total. The molecule has 1 aromatic heterocycles. The van der Waals surface area contributed by atoms with Crippen LogP contribution >= 0.6 is 0 Å². The summed E-state index contributed by atoms with van der Waals surface area (Å²) in [5.41, 5.74) is 1.77. The van der Waals surface area contributed by atoms with Crippen LogP contribution in [0.1, 0.15) is 22.5 Å². The third kappa shape index (κ3) is 2.75. The molecule has 0 unspecified atom stereocenters. The second-order valence-corrected chi connectivity index (χ2v) is 7.67. The molecule has 122 valence electrons. The Kier molecular flexibility index (Phi) is 3.95. The fourth-order valence-corrected chi connectivity index (χ4v) is 3.52. The average molecular weight is 335 g/mol. The van der Waals surface area contributed by atoms with Gasteiger partial charge < -0.3 is 9.42 Å². The van der Waals surface area contributed by atoms with Gasteiger partial charge in [0.2, 0.25) is 10.0 Å². The summed E-state index contributed by atoms with van der Waals surface area (Å²) in [6, 6.07) is 6.41. The molecule has 0 saturated heterocycles. The Hall–Kier alpha value is -2.19. The van der Waals surface area contributed by atoms with E-state index in [1.54, 1.807) is 23.1 Å². The quantitative estimate of drug-likeness (QED) is 0.849. The molecule has 3 rings (SSSR count). The van der Waals surface area contributed by atoms with Gasteiger partial charge in [0.15, 0.2) is 5.69 Å². The van der Waals surface area contributed by atoms with E-state index in [0.29, 0.717) is 12.2 Å². The van der Waals surface area contributed by atoms with Gasteiger partial charge in [0.05, 0.1) is 4.90 Å². The van der Waals surface area contributed by atoms with Crippen LogP contribution in [0, 0.1) is 0 Å². The molecule has 2 aromatic rings. The molecule has 2 heterocycles. The van der Waals surface area contributed by atoms with E-state index in [-0.39, 0.29) is 16.5 Å². The van der Waals surface area contributed by atoms with Gasteiger partial charge in [-0.05, 0) is 30.5 Å². The number of rotatable bonds is 3. The first-order valence-corrected chi connectivity index (χ1v) is 8.63. The molecule has 0 atom stereocenters. The van der Waals surface area contributed by atoms with Gasteiger partial charge in [-0.3, -0.25) is 4.79 Å². The van der Waals surface area contributed by atoms with Crippen LogP contribution in [-0.4, -0.2) is 44.4 Å². The summed E-state index contributed by atoms with van der Waals surface area (Å²) in [4.78, 5) is 14.3. The third-order valence-corrected chi connectivity index (χ3v) is 5.67. The first kappa shape index (κ1) is 15.7. The highest BCUT2D eigenvalue weighted by Crippen LogP contribution is 2.31. The number of sulfonamides is 1. The highest BCUT2D eigenvalue weighted by molar-refractivity contribution is 7.89. The van der Waals surface area contributed by atoms with Gasteiger partial charge >= 0.3 is 0 Å². The summed E-state index contributed by atoms with van der Waals surface area (Å²) in [5, 5.41) is 3.67. The lowest BCUT2D eigenvalue weighted by Gasteiger charge is -2.29. The molecule has 23 heavy (non-hydrogen) atoms. The summed E-state index contributed by atoms with van der Waals surface area (Å²) >= 11 is 0. The Morgan fingerprint density at radius 3 is 2.74 bits per heavy atom. The van der Waals surface area contributed by atoms with Crippen LogP contribution in [0.15, 0.2) is 39.9 Å². The molecule has 0 aliphatic carbocycles. The maximum atomic E-state index is 12.6. The van der Waals surface area contributed by atoms with Crippen molar-refractivity contribution < 1.29 is 17.7 Å². The number of fused-ring (bicyclic) bond motifs is 1. The standard InChI is InChI=1S/C15H17N3O4S/c1-17(2)23(20,21)12-6-5-11-4-3-8-18(14(11)10-12)15(19)13-7-9-22-16-13/h5-7,9-10H,3-4,8H2,1-2H3. The van der Waals surface area contributed by atoms with Crippen molar-refractivity contribution in [2.45, 2.75) is 17.7 Å². The number of benzene rings is 1. The predicted molar refractivity (Wildman–Crippen MR) is 83.8 cm³/mol. The van der Waals surface area contributed by atoms with Gasteiger partial charge in [0.25, 0.3) is 5.91 Å². The smallest absolute Gasteiger partial charge is 0.280 e.